The number of hydrogen-bond acceptors (Lipinski definition) is 4. The van der Waals surface area contributed by atoms with Gasteiger partial charge in [-0.25, -0.2) is 4.99 Å². The van der Waals surface area contributed by atoms with Gasteiger partial charge in [-0.15, -0.1) is 11.3 Å². The number of nitrogens with one attached hydrogen (secondary N) is 1. The first-order valence-corrected chi connectivity index (χ1v) is 10.3. The molecule has 28 heavy (non-hydrogen) atoms. The number of rotatable bonds is 4. The van der Waals surface area contributed by atoms with Gasteiger partial charge in [-0.05, 0) is 48.4 Å². The van der Waals surface area contributed by atoms with Crippen molar-refractivity contribution in [1.29, 1.82) is 0 Å². The predicted molar refractivity (Wildman–Crippen MR) is 113 cm³/mol. The summed E-state index contributed by atoms with van der Waals surface area (Å²) in [5, 5.41) is 5.67. The fourth-order valence-corrected chi connectivity index (χ4v) is 4.12. The van der Waals surface area contributed by atoms with Crippen molar-refractivity contribution in [3.63, 3.8) is 0 Å². The summed E-state index contributed by atoms with van der Waals surface area (Å²) in [5.41, 5.74) is 3.64. The minimum Gasteiger partial charge on any atom is -0.482 e. The number of carbonyl (C=O) groups is 1. The van der Waals surface area contributed by atoms with Gasteiger partial charge in [0.1, 0.15) is 5.75 Å². The van der Waals surface area contributed by atoms with Crippen LogP contribution in [-0.2, 0) is 11.3 Å². The Morgan fingerprint density at radius 3 is 2.79 bits per heavy atom. The molecule has 2 heterocycles. The molecule has 0 radical (unpaired) electrons. The molecule has 7 heteroatoms. The molecule has 1 N–H and O–H groups in total. The minimum atomic E-state index is -0.136. The number of amides is 1. The second-order valence-electron chi connectivity index (χ2n) is 7.04. The third-order valence-corrected chi connectivity index (χ3v) is 5.42. The number of fused-ring (bicyclic) bond motifs is 1. The number of ether oxygens (including phenoxy) is 1. The van der Waals surface area contributed by atoms with Crippen LogP contribution in [0.25, 0.3) is 11.3 Å². The normalized spacial score (nSPS) is 14.0. The zero-order chi connectivity index (χ0) is 19.7. The first-order chi connectivity index (χ1) is 13.5. The lowest BCUT2D eigenvalue weighted by atomic mass is 10.1. The molecule has 2 aromatic carbocycles. The van der Waals surface area contributed by atoms with Crippen molar-refractivity contribution in [2.24, 2.45) is 10.9 Å². The van der Waals surface area contributed by atoms with Crippen molar-refractivity contribution >= 4 is 40.2 Å². The largest absolute Gasteiger partial charge is 0.482 e. The van der Waals surface area contributed by atoms with E-state index >= 15 is 0 Å². The smallest absolute Gasteiger partial charge is 0.262 e. The van der Waals surface area contributed by atoms with Crippen LogP contribution in [0.5, 0.6) is 5.75 Å². The fraction of sp³-hybridized carbons (Fsp3) is 0.238. The Kier molecular flexibility index (Phi) is 5.24. The Morgan fingerprint density at radius 2 is 2.04 bits per heavy atom. The number of hydrogen-bond donors (Lipinski definition) is 1. The van der Waals surface area contributed by atoms with Crippen LogP contribution in [0, 0.1) is 5.92 Å². The number of halogens is 1. The lowest BCUT2D eigenvalue weighted by molar-refractivity contribution is -0.118. The Balaban J connectivity index is 1.79. The molecule has 5 nitrogen and oxygen atoms in total. The van der Waals surface area contributed by atoms with E-state index in [1.54, 1.807) is 11.3 Å². The van der Waals surface area contributed by atoms with E-state index in [-0.39, 0.29) is 12.5 Å². The molecule has 0 atom stereocenters. The van der Waals surface area contributed by atoms with E-state index < -0.39 is 0 Å². The van der Waals surface area contributed by atoms with E-state index in [0.717, 1.165) is 28.3 Å². The van der Waals surface area contributed by atoms with Gasteiger partial charge in [0.15, 0.2) is 11.4 Å². The van der Waals surface area contributed by atoms with Crippen LogP contribution in [0.4, 0.5) is 11.4 Å². The number of benzene rings is 2. The van der Waals surface area contributed by atoms with E-state index in [1.807, 2.05) is 42.5 Å². The summed E-state index contributed by atoms with van der Waals surface area (Å²) < 4.78 is 7.69. The summed E-state index contributed by atoms with van der Waals surface area (Å²) in [5.74, 6) is 1.02. The highest BCUT2D eigenvalue weighted by atomic mass is 35.5. The van der Waals surface area contributed by atoms with E-state index in [2.05, 4.69) is 29.1 Å². The van der Waals surface area contributed by atoms with Crippen LogP contribution in [0.1, 0.15) is 13.8 Å². The Morgan fingerprint density at radius 1 is 1.25 bits per heavy atom. The maximum Gasteiger partial charge on any atom is 0.262 e. The fourth-order valence-electron chi connectivity index (χ4n) is 3.06. The highest BCUT2D eigenvalue weighted by molar-refractivity contribution is 7.07. The van der Waals surface area contributed by atoms with Crippen LogP contribution in [0.15, 0.2) is 52.8 Å². The second kappa shape index (κ2) is 7.81. The standard InChI is InChI=1S/C21H20ClN3O2S/c1-13(2)10-25-18(12-28-21(25)23-16-6-4-15(22)5-7-16)14-3-8-19-17(9-14)24-20(26)11-27-19/h3-9,12-13H,10-11H2,1-2H3,(H,24,26). The van der Waals surface area contributed by atoms with Crippen LogP contribution >= 0.6 is 22.9 Å². The minimum absolute atomic E-state index is 0.0578. The van der Waals surface area contributed by atoms with Crippen molar-refractivity contribution in [2.75, 3.05) is 11.9 Å². The van der Waals surface area contributed by atoms with Gasteiger partial charge in [0.2, 0.25) is 0 Å². The molecule has 1 aliphatic heterocycles. The molecular weight excluding hydrogens is 394 g/mol. The molecule has 3 aromatic rings. The summed E-state index contributed by atoms with van der Waals surface area (Å²) in [4.78, 5) is 17.4. The van der Waals surface area contributed by atoms with Gasteiger partial charge in [-0.1, -0.05) is 25.4 Å². The van der Waals surface area contributed by atoms with Crippen LogP contribution in [-0.4, -0.2) is 17.1 Å². The molecule has 0 saturated heterocycles. The molecule has 4 rings (SSSR count). The quantitative estimate of drug-likeness (QED) is 0.647. The molecule has 0 fully saturated rings. The van der Waals surface area contributed by atoms with Crippen LogP contribution < -0.4 is 14.9 Å². The molecule has 1 aliphatic rings. The van der Waals surface area contributed by atoms with Crippen molar-refractivity contribution in [3.05, 3.63) is 57.7 Å². The van der Waals surface area contributed by atoms with E-state index in [9.17, 15) is 4.79 Å². The highest BCUT2D eigenvalue weighted by Crippen LogP contribution is 2.33. The average molecular weight is 414 g/mol. The zero-order valence-electron chi connectivity index (χ0n) is 15.6. The molecule has 0 bridgehead atoms. The maximum atomic E-state index is 11.7. The molecule has 1 aromatic heterocycles. The van der Waals surface area contributed by atoms with Gasteiger partial charge in [-0.3, -0.25) is 4.79 Å². The summed E-state index contributed by atoms with van der Waals surface area (Å²) in [7, 11) is 0. The zero-order valence-corrected chi connectivity index (χ0v) is 17.2. The third-order valence-electron chi connectivity index (χ3n) is 4.30. The van der Waals surface area contributed by atoms with Gasteiger partial charge in [0, 0.05) is 22.5 Å². The molecule has 0 aliphatic carbocycles. The maximum absolute atomic E-state index is 11.7. The molecule has 0 spiro atoms. The summed E-state index contributed by atoms with van der Waals surface area (Å²) in [6.45, 7) is 5.26. The number of anilines is 1. The Labute approximate surface area is 172 Å². The molecule has 0 unspecified atom stereocenters. The summed E-state index contributed by atoms with van der Waals surface area (Å²) in [6, 6.07) is 13.4. The number of carbonyl (C=O) groups excluding carboxylic acids is 1. The number of thiazole rings is 1. The molecular formula is C21H20ClN3O2S. The van der Waals surface area contributed by atoms with Gasteiger partial charge < -0.3 is 14.6 Å². The predicted octanol–water partition coefficient (Wildman–Crippen LogP) is 5.09. The van der Waals surface area contributed by atoms with Crippen LogP contribution in [0.2, 0.25) is 5.02 Å². The first kappa shape index (κ1) is 18.8. The molecule has 144 valence electrons. The van der Waals surface area contributed by atoms with Crippen LogP contribution in [0.3, 0.4) is 0 Å². The van der Waals surface area contributed by atoms with Gasteiger partial charge >= 0.3 is 0 Å². The third kappa shape index (κ3) is 3.98. The summed E-state index contributed by atoms with van der Waals surface area (Å²) >= 11 is 7.58. The Hall–Kier alpha value is -2.57. The topological polar surface area (TPSA) is 55.6 Å². The van der Waals surface area contributed by atoms with Gasteiger partial charge in [0.05, 0.1) is 17.1 Å². The second-order valence-corrected chi connectivity index (χ2v) is 8.32. The highest BCUT2D eigenvalue weighted by Gasteiger charge is 2.18. The first-order valence-electron chi connectivity index (χ1n) is 9.05. The summed E-state index contributed by atoms with van der Waals surface area (Å²) in [6.07, 6.45) is 0. The van der Waals surface area contributed by atoms with Crippen molar-refractivity contribution in [1.82, 2.24) is 4.57 Å². The van der Waals surface area contributed by atoms with Crippen molar-refractivity contribution < 1.29 is 9.53 Å². The SMILES string of the molecule is CC(C)Cn1c(-c2ccc3c(c2)NC(=O)CO3)csc1=Nc1ccc(Cl)cc1. The van der Waals surface area contributed by atoms with E-state index in [0.29, 0.717) is 22.4 Å². The lowest BCUT2D eigenvalue weighted by Crippen LogP contribution is -2.25. The average Bonchev–Trinajstić information content (AvgIpc) is 3.04. The lowest BCUT2D eigenvalue weighted by Gasteiger charge is -2.19. The van der Waals surface area contributed by atoms with Crippen molar-refractivity contribution in [3.8, 4) is 17.0 Å². The molecule has 1 amide bonds. The number of nitrogens with zero attached hydrogens (tertiary/aromatic N) is 2. The van der Waals surface area contributed by atoms with E-state index in [1.165, 1.54) is 0 Å². The number of aromatic nitrogens is 1. The monoisotopic (exact) mass is 413 g/mol. The van der Waals surface area contributed by atoms with Gasteiger partial charge in [-0.2, -0.15) is 0 Å². The van der Waals surface area contributed by atoms with Gasteiger partial charge in [0.25, 0.3) is 5.91 Å². The van der Waals surface area contributed by atoms with Crippen molar-refractivity contribution in [2.45, 2.75) is 20.4 Å². The molecule has 0 saturated carbocycles. The Bertz CT molecular complexity index is 1080. The van der Waals surface area contributed by atoms with E-state index in [4.69, 9.17) is 21.3 Å².